The Morgan fingerprint density at radius 2 is 2.47 bits per heavy atom. The number of carbonyl (C=O) groups excluding carboxylic acids is 1. The van der Waals surface area contributed by atoms with Crippen molar-refractivity contribution in [2.75, 3.05) is 0 Å². The number of hydrogen-bond donors (Lipinski definition) is 2. The Labute approximate surface area is 101 Å². The van der Waals surface area contributed by atoms with Crippen molar-refractivity contribution in [3.8, 4) is 0 Å². The van der Waals surface area contributed by atoms with Crippen molar-refractivity contribution in [1.29, 1.82) is 0 Å². The van der Waals surface area contributed by atoms with Gasteiger partial charge in [0.2, 0.25) is 5.89 Å². The molecule has 0 saturated heterocycles. The van der Waals surface area contributed by atoms with Gasteiger partial charge in [-0.25, -0.2) is 4.98 Å². The lowest BCUT2D eigenvalue weighted by Crippen LogP contribution is -2.25. The van der Waals surface area contributed by atoms with E-state index < -0.39 is 0 Å². The number of aromatic nitrogens is 1. The highest BCUT2D eigenvalue weighted by molar-refractivity contribution is 5.92. The Morgan fingerprint density at radius 3 is 3.12 bits per heavy atom. The molecule has 1 unspecified atom stereocenters. The van der Waals surface area contributed by atoms with Crippen LogP contribution in [0.1, 0.15) is 61.4 Å². The molecule has 2 rings (SSSR count). The Morgan fingerprint density at radius 1 is 1.71 bits per heavy atom. The maximum Gasteiger partial charge on any atom is 0.273 e. The first kappa shape index (κ1) is 12.1. The van der Waals surface area contributed by atoms with E-state index in [-0.39, 0.29) is 11.9 Å². The van der Waals surface area contributed by atoms with Gasteiger partial charge in [0, 0.05) is 6.04 Å². The summed E-state index contributed by atoms with van der Waals surface area (Å²) in [6.45, 7) is 2.11. The Hall–Kier alpha value is -1.36. The molecule has 3 N–H and O–H groups in total. The minimum absolute atomic E-state index is 0.162. The molecule has 1 amide bonds. The molecule has 0 bridgehead atoms. The number of nitrogens with two attached hydrogens (primary N) is 1. The second kappa shape index (κ2) is 5.31. The zero-order valence-electron chi connectivity index (χ0n) is 10.1. The van der Waals surface area contributed by atoms with Gasteiger partial charge in [0.15, 0.2) is 5.69 Å². The molecule has 1 saturated carbocycles. The summed E-state index contributed by atoms with van der Waals surface area (Å²) in [7, 11) is 0. The van der Waals surface area contributed by atoms with Gasteiger partial charge in [0.1, 0.15) is 6.26 Å². The van der Waals surface area contributed by atoms with Crippen molar-refractivity contribution in [2.45, 2.75) is 51.1 Å². The van der Waals surface area contributed by atoms with Crippen LogP contribution in [-0.2, 0) is 0 Å². The van der Waals surface area contributed by atoms with E-state index in [0.29, 0.717) is 17.6 Å². The fourth-order valence-electron chi connectivity index (χ4n) is 1.60. The predicted octanol–water partition coefficient (Wildman–Crippen LogP) is 1.76. The zero-order valence-corrected chi connectivity index (χ0v) is 10.1. The van der Waals surface area contributed by atoms with Gasteiger partial charge < -0.3 is 15.5 Å². The standard InChI is InChI=1S/C12H19N3O2/c1-2-3-4-9(13)12-15-10(7-17-12)11(16)14-8-5-6-8/h7-9H,2-6,13H2,1H3,(H,14,16). The zero-order chi connectivity index (χ0) is 12.3. The lowest BCUT2D eigenvalue weighted by molar-refractivity contribution is 0.0946. The van der Waals surface area contributed by atoms with Crippen LogP contribution in [0, 0.1) is 0 Å². The summed E-state index contributed by atoms with van der Waals surface area (Å²) in [5.74, 6) is 0.296. The van der Waals surface area contributed by atoms with E-state index in [1.165, 1.54) is 6.26 Å². The van der Waals surface area contributed by atoms with Crippen LogP contribution in [0.5, 0.6) is 0 Å². The molecule has 1 aromatic heterocycles. The highest BCUT2D eigenvalue weighted by Gasteiger charge is 2.25. The van der Waals surface area contributed by atoms with Crippen LogP contribution >= 0.6 is 0 Å². The van der Waals surface area contributed by atoms with Crippen LogP contribution in [0.25, 0.3) is 0 Å². The molecule has 0 radical (unpaired) electrons. The van der Waals surface area contributed by atoms with Crippen LogP contribution in [-0.4, -0.2) is 16.9 Å². The number of unbranched alkanes of at least 4 members (excludes halogenated alkanes) is 1. The molecule has 5 nitrogen and oxygen atoms in total. The monoisotopic (exact) mass is 237 g/mol. The molecule has 0 aromatic carbocycles. The maximum atomic E-state index is 11.7. The first-order valence-electron chi connectivity index (χ1n) is 6.22. The summed E-state index contributed by atoms with van der Waals surface area (Å²) in [4.78, 5) is 15.8. The third-order valence-corrected chi connectivity index (χ3v) is 2.85. The summed E-state index contributed by atoms with van der Waals surface area (Å²) < 4.78 is 5.25. The number of nitrogens with one attached hydrogen (secondary N) is 1. The largest absolute Gasteiger partial charge is 0.446 e. The van der Waals surface area contributed by atoms with Crippen molar-refractivity contribution in [2.24, 2.45) is 5.73 Å². The Balaban J connectivity index is 1.91. The van der Waals surface area contributed by atoms with Gasteiger partial charge >= 0.3 is 0 Å². The molecule has 1 atom stereocenters. The molecule has 1 aliphatic rings. The molecular weight excluding hydrogens is 218 g/mol. The first-order chi connectivity index (χ1) is 8.20. The number of nitrogens with zero attached hydrogens (tertiary/aromatic N) is 1. The fraction of sp³-hybridized carbons (Fsp3) is 0.667. The highest BCUT2D eigenvalue weighted by Crippen LogP contribution is 2.20. The van der Waals surface area contributed by atoms with E-state index in [9.17, 15) is 4.79 Å². The van der Waals surface area contributed by atoms with Gasteiger partial charge in [0.05, 0.1) is 6.04 Å². The minimum Gasteiger partial charge on any atom is -0.446 e. The van der Waals surface area contributed by atoms with Crippen molar-refractivity contribution >= 4 is 5.91 Å². The van der Waals surface area contributed by atoms with Gasteiger partial charge in [-0.15, -0.1) is 0 Å². The van der Waals surface area contributed by atoms with E-state index in [1.54, 1.807) is 0 Å². The third kappa shape index (κ3) is 3.30. The maximum absolute atomic E-state index is 11.7. The fourth-order valence-corrected chi connectivity index (χ4v) is 1.60. The average molecular weight is 237 g/mol. The lowest BCUT2D eigenvalue weighted by atomic mass is 10.1. The number of rotatable bonds is 6. The lowest BCUT2D eigenvalue weighted by Gasteiger charge is -2.05. The summed E-state index contributed by atoms with van der Waals surface area (Å²) in [6.07, 6.45) is 6.47. The van der Waals surface area contributed by atoms with Crippen LogP contribution in [0.3, 0.4) is 0 Å². The highest BCUT2D eigenvalue weighted by atomic mass is 16.3. The van der Waals surface area contributed by atoms with Gasteiger partial charge in [-0.3, -0.25) is 4.79 Å². The van der Waals surface area contributed by atoms with Gasteiger partial charge in [-0.1, -0.05) is 19.8 Å². The average Bonchev–Trinajstić information content (AvgIpc) is 2.99. The van der Waals surface area contributed by atoms with Crippen LogP contribution < -0.4 is 11.1 Å². The van der Waals surface area contributed by atoms with Crippen molar-refractivity contribution in [3.05, 3.63) is 17.8 Å². The molecule has 0 aliphatic heterocycles. The quantitative estimate of drug-likeness (QED) is 0.789. The molecule has 5 heteroatoms. The predicted molar refractivity (Wildman–Crippen MR) is 63.4 cm³/mol. The van der Waals surface area contributed by atoms with Crippen LogP contribution in [0.2, 0.25) is 0 Å². The normalized spacial score (nSPS) is 16.8. The van der Waals surface area contributed by atoms with E-state index in [0.717, 1.165) is 32.1 Å². The van der Waals surface area contributed by atoms with Gasteiger partial charge in [-0.05, 0) is 19.3 Å². The number of hydrogen-bond acceptors (Lipinski definition) is 4. The van der Waals surface area contributed by atoms with Gasteiger partial charge in [-0.2, -0.15) is 0 Å². The second-order valence-electron chi connectivity index (χ2n) is 4.57. The molecule has 94 valence electrons. The van der Waals surface area contributed by atoms with E-state index in [1.807, 2.05) is 0 Å². The van der Waals surface area contributed by atoms with Crippen LogP contribution in [0.4, 0.5) is 0 Å². The van der Waals surface area contributed by atoms with Gasteiger partial charge in [0.25, 0.3) is 5.91 Å². The number of amides is 1. The van der Waals surface area contributed by atoms with E-state index in [4.69, 9.17) is 10.2 Å². The SMILES string of the molecule is CCCCC(N)c1nc(C(=O)NC2CC2)co1. The number of oxazole rings is 1. The summed E-state index contributed by atoms with van der Waals surface area (Å²) in [5.41, 5.74) is 6.25. The molecule has 1 fully saturated rings. The first-order valence-corrected chi connectivity index (χ1v) is 6.22. The summed E-state index contributed by atoms with van der Waals surface area (Å²) >= 11 is 0. The van der Waals surface area contributed by atoms with E-state index in [2.05, 4.69) is 17.2 Å². The van der Waals surface area contributed by atoms with E-state index >= 15 is 0 Å². The minimum atomic E-state index is -0.211. The summed E-state index contributed by atoms with van der Waals surface area (Å²) in [5, 5.41) is 2.86. The third-order valence-electron chi connectivity index (χ3n) is 2.85. The topological polar surface area (TPSA) is 81.1 Å². The second-order valence-corrected chi connectivity index (χ2v) is 4.57. The molecule has 17 heavy (non-hydrogen) atoms. The Kier molecular flexibility index (Phi) is 3.78. The smallest absolute Gasteiger partial charge is 0.273 e. The molecule has 1 aromatic rings. The molecular formula is C12H19N3O2. The Bertz CT molecular complexity index is 385. The number of carbonyl (C=O) groups is 1. The van der Waals surface area contributed by atoms with Crippen molar-refractivity contribution in [1.82, 2.24) is 10.3 Å². The van der Waals surface area contributed by atoms with Crippen molar-refractivity contribution in [3.63, 3.8) is 0 Å². The molecule has 1 heterocycles. The van der Waals surface area contributed by atoms with Crippen molar-refractivity contribution < 1.29 is 9.21 Å². The van der Waals surface area contributed by atoms with Crippen LogP contribution in [0.15, 0.2) is 10.7 Å². The molecule has 0 spiro atoms. The summed E-state index contributed by atoms with van der Waals surface area (Å²) in [6, 6.07) is 0.119. The molecule has 1 aliphatic carbocycles.